The summed E-state index contributed by atoms with van der Waals surface area (Å²) in [5.74, 6) is -2.45. The SMILES string of the molecule is O=C1C[C@@H]2[C@@H](COC(=O)c3ccccc3[N+](=O)[O-])[C@H](OC(=O)c3ccccc3)C[C@@H]2O1. The molecule has 1 aliphatic heterocycles. The summed E-state index contributed by atoms with van der Waals surface area (Å²) in [6, 6.07) is 14.0. The Hall–Kier alpha value is -3.75. The fraction of sp³-hybridized carbons (Fsp3) is 0.318. The van der Waals surface area contributed by atoms with Crippen molar-refractivity contribution < 1.29 is 33.5 Å². The van der Waals surface area contributed by atoms with Crippen LogP contribution < -0.4 is 0 Å². The third-order valence-corrected chi connectivity index (χ3v) is 5.65. The molecule has 0 radical (unpaired) electrons. The number of carbonyl (C=O) groups excluding carboxylic acids is 3. The van der Waals surface area contributed by atoms with E-state index in [9.17, 15) is 24.5 Å². The number of hydrogen-bond donors (Lipinski definition) is 0. The van der Waals surface area contributed by atoms with Gasteiger partial charge in [0.05, 0.1) is 23.5 Å². The third-order valence-electron chi connectivity index (χ3n) is 5.65. The van der Waals surface area contributed by atoms with Gasteiger partial charge in [-0.25, -0.2) is 9.59 Å². The zero-order valence-corrected chi connectivity index (χ0v) is 16.3. The van der Waals surface area contributed by atoms with Gasteiger partial charge in [0.2, 0.25) is 0 Å². The third kappa shape index (κ3) is 4.25. The predicted molar refractivity (Wildman–Crippen MR) is 105 cm³/mol. The summed E-state index contributed by atoms with van der Waals surface area (Å²) in [7, 11) is 0. The van der Waals surface area contributed by atoms with Crippen LogP contribution in [-0.4, -0.2) is 41.6 Å². The molecule has 1 aliphatic carbocycles. The Morgan fingerprint density at radius 1 is 1.06 bits per heavy atom. The van der Waals surface area contributed by atoms with E-state index in [4.69, 9.17) is 14.2 Å². The summed E-state index contributed by atoms with van der Waals surface area (Å²) < 4.78 is 16.3. The number of esters is 3. The molecular weight excluding hydrogens is 406 g/mol. The molecule has 0 spiro atoms. The van der Waals surface area contributed by atoms with Crippen molar-refractivity contribution in [3.8, 4) is 0 Å². The van der Waals surface area contributed by atoms with Crippen LogP contribution in [0.15, 0.2) is 54.6 Å². The Morgan fingerprint density at radius 3 is 2.52 bits per heavy atom. The second-order valence-corrected chi connectivity index (χ2v) is 7.48. The molecule has 1 saturated carbocycles. The lowest BCUT2D eigenvalue weighted by Crippen LogP contribution is -2.30. The van der Waals surface area contributed by atoms with Crippen molar-refractivity contribution in [2.45, 2.75) is 25.0 Å². The molecule has 0 aromatic heterocycles. The van der Waals surface area contributed by atoms with Gasteiger partial charge >= 0.3 is 17.9 Å². The minimum absolute atomic E-state index is 0.137. The number of nitro groups is 1. The summed E-state index contributed by atoms with van der Waals surface area (Å²) in [6.07, 6.45) is -0.592. The van der Waals surface area contributed by atoms with E-state index >= 15 is 0 Å². The van der Waals surface area contributed by atoms with Crippen molar-refractivity contribution in [3.05, 3.63) is 75.8 Å². The number of fused-ring (bicyclic) bond motifs is 1. The summed E-state index contributed by atoms with van der Waals surface area (Å²) in [5.41, 5.74) is -0.144. The van der Waals surface area contributed by atoms with Gasteiger partial charge in [-0.05, 0) is 18.2 Å². The van der Waals surface area contributed by atoms with Crippen LogP contribution in [0.5, 0.6) is 0 Å². The fourth-order valence-electron chi connectivity index (χ4n) is 4.16. The maximum Gasteiger partial charge on any atom is 0.345 e. The van der Waals surface area contributed by atoms with Crippen LogP contribution in [-0.2, 0) is 19.0 Å². The van der Waals surface area contributed by atoms with Crippen molar-refractivity contribution in [3.63, 3.8) is 0 Å². The van der Waals surface area contributed by atoms with Crippen molar-refractivity contribution >= 4 is 23.6 Å². The second-order valence-electron chi connectivity index (χ2n) is 7.48. The van der Waals surface area contributed by atoms with Crippen LogP contribution in [0.25, 0.3) is 0 Å². The molecular formula is C22H19NO8. The number of para-hydroxylation sites is 1. The van der Waals surface area contributed by atoms with Gasteiger partial charge in [-0.1, -0.05) is 30.3 Å². The van der Waals surface area contributed by atoms with Gasteiger partial charge in [0.25, 0.3) is 5.69 Å². The fourth-order valence-corrected chi connectivity index (χ4v) is 4.16. The number of carbonyl (C=O) groups is 3. The van der Waals surface area contributed by atoms with Gasteiger partial charge in [-0.2, -0.15) is 0 Å². The van der Waals surface area contributed by atoms with Crippen LogP contribution in [0.3, 0.4) is 0 Å². The summed E-state index contributed by atoms with van der Waals surface area (Å²) >= 11 is 0. The Morgan fingerprint density at radius 2 is 1.77 bits per heavy atom. The van der Waals surface area contributed by atoms with Gasteiger partial charge in [0.15, 0.2) is 0 Å². The highest BCUT2D eigenvalue weighted by molar-refractivity contribution is 5.93. The maximum atomic E-state index is 12.5. The highest BCUT2D eigenvalue weighted by Gasteiger charge is 2.52. The topological polar surface area (TPSA) is 122 Å². The monoisotopic (exact) mass is 425 g/mol. The average molecular weight is 425 g/mol. The number of nitrogens with zero attached hydrogens (tertiary/aromatic N) is 1. The van der Waals surface area contributed by atoms with E-state index in [0.717, 1.165) is 0 Å². The summed E-state index contributed by atoms with van der Waals surface area (Å²) in [4.78, 5) is 47.2. The van der Waals surface area contributed by atoms with Crippen LogP contribution in [0.1, 0.15) is 33.6 Å². The van der Waals surface area contributed by atoms with Gasteiger partial charge in [0.1, 0.15) is 17.8 Å². The van der Waals surface area contributed by atoms with E-state index in [1.165, 1.54) is 24.3 Å². The van der Waals surface area contributed by atoms with Crippen LogP contribution >= 0.6 is 0 Å². The predicted octanol–water partition coefficient (Wildman–Crippen LogP) is 2.93. The molecule has 0 amide bonds. The summed E-state index contributed by atoms with van der Waals surface area (Å²) in [5, 5.41) is 11.2. The van der Waals surface area contributed by atoms with Crippen molar-refractivity contribution in [2.24, 2.45) is 11.8 Å². The Kier molecular flexibility index (Phi) is 5.66. The highest BCUT2D eigenvalue weighted by Crippen LogP contribution is 2.43. The zero-order chi connectivity index (χ0) is 22.0. The number of nitro benzene ring substituents is 1. The van der Waals surface area contributed by atoms with Crippen molar-refractivity contribution in [1.82, 2.24) is 0 Å². The molecule has 0 bridgehead atoms. The van der Waals surface area contributed by atoms with E-state index in [1.807, 2.05) is 0 Å². The molecule has 31 heavy (non-hydrogen) atoms. The van der Waals surface area contributed by atoms with E-state index in [0.29, 0.717) is 12.0 Å². The number of ether oxygens (including phenoxy) is 3. The minimum atomic E-state index is -0.853. The smallest absolute Gasteiger partial charge is 0.345 e. The molecule has 0 N–H and O–H groups in total. The molecule has 4 atom stereocenters. The molecule has 2 aromatic carbocycles. The quantitative estimate of drug-likeness (QED) is 0.300. The number of benzene rings is 2. The first-order chi connectivity index (χ1) is 14.9. The largest absolute Gasteiger partial charge is 0.462 e. The molecule has 160 valence electrons. The lowest BCUT2D eigenvalue weighted by atomic mass is 9.93. The lowest BCUT2D eigenvalue weighted by molar-refractivity contribution is -0.385. The number of rotatable bonds is 6. The van der Waals surface area contributed by atoms with E-state index < -0.39 is 35.0 Å². The molecule has 2 aromatic rings. The molecule has 2 aliphatic rings. The maximum absolute atomic E-state index is 12.5. The van der Waals surface area contributed by atoms with E-state index in [1.54, 1.807) is 30.3 Å². The molecule has 1 heterocycles. The summed E-state index contributed by atoms with van der Waals surface area (Å²) in [6.45, 7) is -0.157. The first kappa shape index (κ1) is 20.5. The molecule has 9 heteroatoms. The van der Waals surface area contributed by atoms with Crippen LogP contribution in [0.2, 0.25) is 0 Å². The minimum Gasteiger partial charge on any atom is -0.462 e. The van der Waals surface area contributed by atoms with Gasteiger partial charge < -0.3 is 14.2 Å². The lowest BCUT2D eigenvalue weighted by Gasteiger charge is -2.22. The van der Waals surface area contributed by atoms with Gasteiger partial charge in [0, 0.05) is 24.3 Å². The standard InChI is InChI=1S/C22H19NO8/c24-20-10-15-16(12-29-22(26)14-8-4-5-9-17(14)23(27)28)19(11-18(15)30-20)31-21(25)13-6-2-1-3-7-13/h1-9,15-16,18-19H,10-12H2/t15-,16-,18+,19-/m1/s1. The van der Waals surface area contributed by atoms with Crippen molar-refractivity contribution in [1.29, 1.82) is 0 Å². The first-order valence-corrected chi connectivity index (χ1v) is 9.80. The van der Waals surface area contributed by atoms with Gasteiger partial charge in [-0.15, -0.1) is 0 Å². The number of hydrogen-bond acceptors (Lipinski definition) is 8. The Labute approximate surface area is 177 Å². The molecule has 0 unspecified atom stereocenters. The van der Waals surface area contributed by atoms with Crippen molar-refractivity contribution in [2.75, 3.05) is 6.61 Å². The van der Waals surface area contributed by atoms with E-state index in [2.05, 4.69) is 0 Å². The Balaban J connectivity index is 1.48. The molecule has 2 fully saturated rings. The molecule has 1 saturated heterocycles. The van der Waals surface area contributed by atoms with Crippen LogP contribution in [0, 0.1) is 22.0 Å². The Bertz CT molecular complexity index is 1020. The second kappa shape index (κ2) is 8.55. The van der Waals surface area contributed by atoms with Gasteiger partial charge in [-0.3, -0.25) is 14.9 Å². The normalized spacial score (nSPS) is 24.2. The van der Waals surface area contributed by atoms with E-state index in [-0.39, 0.29) is 36.2 Å². The molecule has 9 nitrogen and oxygen atoms in total. The molecule has 4 rings (SSSR count). The first-order valence-electron chi connectivity index (χ1n) is 9.80. The van der Waals surface area contributed by atoms with Crippen LogP contribution in [0.4, 0.5) is 5.69 Å². The average Bonchev–Trinajstić information content (AvgIpc) is 3.28. The zero-order valence-electron chi connectivity index (χ0n) is 16.3. The highest BCUT2D eigenvalue weighted by atomic mass is 16.6.